The topological polar surface area (TPSA) is 53.0 Å². The van der Waals surface area contributed by atoms with Crippen molar-refractivity contribution < 1.29 is 8.81 Å². The molecule has 5 rings (SSSR count). The Morgan fingerprint density at radius 2 is 1.88 bits per heavy atom. The van der Waals surface area contributed by atoms with Gasteiger partial charge in [-0.25, -0.2) is 9.37 Å². The van der Waals surface area contributed by atoms with E-state index in [0.717, 1.165) is 11.3 Å². The van der Waals surface area contributed by atoms with Crippen molar-refractivity contribution in [2.24, 2.45) is 0 Å². The first-order valence-corrected chi connectivity index (χ1v) is 12.3. The highest BCUT2D eigenvalue weighted by Gasteiger charge is 2.19. The molecule has 5 nitrogen and oxygen atoms in total. The summed E-state index contributed by atoms with van der Waals surface area (Å²) in [5.41, 5.74) is 3.15. The number of rotatable bonds is 6. The summed E-state index contributed by atoms with van der Waals surface area (Å²) in [4.78, 5) is 18.5. The average Bonchev–Trinajstić information content (AvgIpc) is 3.43. The Hall–Kier alpha value is -3.01. The molecule has 0 spiro atoms. The van der Waals surface area contributed by atoms with E-state index in [9.17, 15) is 9.18 Å². The summed E-state index contributed by atoms with van der Waals surface area (Å²) in [6.45, 7) is 2.43. The average molecular weight is 496 g/mol. The van der Waals surface area contributed by atoms with Gasteiger partial charge in [-0.05, 0) is 61.1 Å². The van der Waals surface area contributed by atoms with Crippen molar-refractivity contribution in [3.8, 4) is 5.69 Å². The highest BCUT2D eigenvalue weighted by atomic mass is 32.2. The number of halogens is 1. The maximum Gasteiger partial charge on any atom is 0.278 e. The van der Waals surface area contributed by atoms with E-state index in [4.69, 9.17) is 21.6 Å². The van der Waals surface area contributed by atoms with Crippen LogP contribution < -0.4 is 5.56 Å². The smallest absolute Gasteiger partial charge is 0.278 e. The third-order valence-electron chi connectivity index (χ3n) is 5.13. The van der Waals surface area contributed by atoms with Crippen molar-refractivity contribution in [1.82, 2.24) is 14.1 Å². The molecule has 0 saturated carbocycles. The molecular formula is C24H18FN3O2S3. The number of fused-ring (bicyclic) bond motifs is 1. The van der Waals surface area contributed by atoms with E-state index in [1.54, 1.807) is 18.4 Å². The minimum atomic E-state index is -0.366. The first kappa shape index (κ1) is 21.8. The van der Waals surface area contributed by atoms with E-state index in [-0.39, 0.29) is 11.4 Å². The van der Waals surface area contributed by atoms with Crippen molar-refractivity contribution in [2.75, 3.05) is 0 Å². The molecule has 3 aromatic heterocycles. The number of aromatic nitrogens is 3. The fourth-order valence-corrected chi connectivity index (χ4v) is 5.64. The molecule has 0 radical (unpaired) electrons. The van der Waals surface area contributed by atoms with E-state index in [2.05, 4.69) is 24.3 Å². The lowest BCUT2D eigenvalue weighted by Crippen LogP contribution is -2.21. The number of hydrogen-bond acceptors (Lipinski definition) is 6. The van der Waals surface area contributed by atoms with Crippen LogP contribution in [0, 0.1) is 16.7 Å². The Labute approximate surface area is 202 Å². The lowest BCUT2D eigenvalue weighted by atomic mass is 10.2. The minimum absolute atomic E-state index is 0.229. The van der Waals surface area contributed by atoms with Crippen LogP contribution in [0.3, 0.4) is 0 Å². The quantitative estimate of drug-likeness (QED) is 0.156. The summed E-state index contributed by atoms with van der Waals surface area (Å²) in [5, 5.41) is 0.515. The van der Waals surface area contributed by atoms with Crippen molar-refractivity contribution in [3.63, 3.8) is 0 Å². The van der Waals surface area contributed by atoms with E-state index in [1.807, 2.05) is 23.6 Å². The normalized spacial score (nSPS) is 11.3. The number of furan rings is 1. The highest BCUT2D eigenvalue weighted by molar-refractivity contribution is 7.98. The van der Waals surface area contributed by atoms with Gasteiger partial charge in [0.05, 0.1) is 18.5 Å². The molecular weight excluding hydrogens is 477 g/mol. The van der Waals surface area contributed by atoms with Gasteiger partial charge in [-0.2, -0.15) is 0 Å². The molecule has 0 unspecified atom stereocenters. The zero-order chi connectivity index (χ0) is 22.9. The summed E-state index contributed by atoms with van der Waals surface area (Å²) in [5.74, 6) is 0.988. The van der Waals surface area contributed by atoms with Crippen molar-refractivity contribution in [3.05, 3.63) is 104 Å². The van der Waals surface area contributed by atoms with Gasteiger partial charge >= 0.3 is 0 Å². The lowest BCUT2D eigenvalue weighted by molar-refractivity contribution is 0.495. The van der Waals surface area contributed by atoms with Gasteiger partial charge in [0.15, 0.2) is 14.8 Å². The summed E-state index contributed by atoms with van der Waals surface area (Å²) in [6.07, 6.45) is 1.60. The first-order chi connectivity index (χ1) is 16.0. The summed E-state index contributed by atoms with van der Waals surface area (Å²) >= 11 is 8.23. The van der Waals surface area contributed by atoms with Crippen LogP contribution in [-0.4, -0.2) is 14.1 Å². The number of aryl methyl sites for hydroxylation is 1. The third-order valence-corrected chi connectivity index (χ3v) is 7.56. The Morgan fingerprint density at radius 1 is 1.12 bits per heavy atom. The van der Waals surface area contributed by atoms with E-state index >= 15 is 0 Å². The molecule has 0 aliphatic rings. The molecule has 0 N–H and O–H groups in total. The van der Waals surface area contributed by atoms with Gasteiger partial charge in [0, 0.05) is 5.75 Å². The lowest BCUT2D eigenvalue weighted by Gasteiger charge is -2.13. The molecule has 0 aliphatic carbocycles. The van der Waals surface area contributed by atoms with Crippen molar-refractivity contribution in [1.29, 1.82) is 0 Å². The fourth-order valence-electron chi connectivity index (χ4n) is 3.42. The zero-order valence-corrected chi connectivity index (χ0v) is 20.0. The second-order valence-electron chi connectivity index (χ2n) is 7.47. The van der Waals surface area contributed by atoms with Crippen LogP contribution >= 0.6 is 35.3 Å². The molecule has 166 valence electrons. The highest BCUT2D eigenvalue weighted by Crippen LogP contribution is 2.28. The molecule has 5 aromatic rings. The molecule has 0 aliphatic heterocycles. The Balaban J connectivity index is 1.65. The second-order valence-corrected chi connectivity index (χ2v) is 10.1. The van der Waals surface area contributed by atoms with Crippen LogP contribution in [-0.2, 0) is 12.3 Å². The Kier molecular flexibility index (Phi) is 6.01. The van der Waals surface area contributed by atoms with Gasteiger partial charge in [0.25, 0.3) is 5.56 Å². The molecule has 2 aromatic carbocycles. The summed E-state index contributed by atoms with van der Waals surface area (Å²) in [6, 6.07) is 17.7. The molecule has 0 atom stereocenters. The maximum absolute atomic E-state index is 13.6. The van der Waals surface area contributed by atoms with Crippen LogP contribution in [0.5, 0.6) is 0 Å². The van der Waals surface area contributed by atoms with Gasteiger partial charge < -0.3 is 4.42 Å². The van der Waals surface area contributed by atoms with Crippen LogP contribution in [0.1, 0.15) is 16.9 Å². The predicted octanol–water partition coefficient (Wildman–Crippen LogP) is 6.36. The molecule has 33 heavy (non-hydrogen) atoms. The van der Waals surface area contributed by atoms with E-state index < -0.39 is 0 Å². The second kappa shape index (κ2) is 9.09. The minimum Gasteiger partial charge on any atom is -0.467 e. The number of thioether (sulfide) groups is 1. The summed E-state index contributed by atoms with van der Waals surface area (Å²) < 4.78 is 23.4. The van der Waals surface area contributed by atoms with Gasteiger partial charge in [-0.3, -0.25) is 13.9 Å². The standard InChI is InChI=1S/C24H18FN3O2S3/c1-15-4-6-16(7-5-15)14-32-23-26-21-20(22(29)28(23)18-10-8-17(25)9-11-18)33-24(31)27(21)13-19-3-2-12-30-19/h2-12H,13-14H2,1H3. The SMILES string of the molecule is Cc1ccc(CSc2nc3c(sc(=S)n3Cc3ccco3)c(=O)n2-c2ccc(F)cc2)cc1. The predicted molar refractivity (Wildman–Crippen MR) is 133 cm³/mol. The number of nitrogens with zero attached hydrogens (tertiary/aromatic N) is 3. The Morgan fingerprint density at radius 3 is 2.58 bits per heavy atom. The molecule has 0 bridgehead atoms. The molecule has 0 saturated heterocycles. The molecule has 0 amide bonds. The van der Waals surface area contributed by atoms with Crippen LogP contribution in [0.2, 0.25) is 0 Å². The first-order valence-electron chi connectivity index (χ1n) is 10.1. The third kappa shape index (κ3) is 4.44. The largest absolute Gasteiger partial charge is 0.467 e. The van der Waals surface area contributed by atoms with Gasteiger partial charge in [-0.15, -0.1) is 0 Å². The summed E-state index contributed by atoms with van der Waals surface area (Å²) in [7, 11) is 0. The maximum atomic E-state index is 13.6. The van der Waals surface area contributed by atoms with Crippen molar-refractivity contribution in [2.45, 2.75) is 24.4 Å². The molecule has 3 heterocycles. The number of benzene rings is 2. The molecule has 9 heteroatoms. The number of hydrogen-bond donors (Lipinski definition) is 0. The van der Waals surface area contributed by atoms with Crippen LogP contribution in [0.15, 0.2) is 81.3 Å². The number of thiazole rings is 1. The van der Waals surface area contributed by atoms with Crippen LogP contribution in [0.4, 0.5) is 4.39 Å². The van der Waals surface area contributed by atoms with Gasteiger partial charge in [0.2, 0.25) is 0 Å². The monoisotopic (exact) mass is 495 g/mol. The van der Waals surface area contributed by atoms with E-state index in [1.165, 1.54) is 45.4 Å². The van der Waals surface area contributed by atoms with Crippen LogP contribution in [0.25, 0.3) is 16.0 Å². The zero-order valence-electron chi connectivity index (χ0n) is 17.5. The van der Waals surface area contributed by atoms with Crippen molar-refractivity contribution >= 4 is 45.7 Å². The molecule has 0 fully saturated rings. The van der Waals surface area contributed by atoms with Gasteiger partial charge in [0.1, 0.15) is 16.3 Å². The Bertz CT molecular complexity index is 1530. The van der Waals surface area contributed by atoms with E-state index in [0.29, 0.717) is 37.4 Å². The van der Waals surface area contributed by atoms with Gasteiger partial charge in [-0.1, -0.05) is 52.9 Å². The fraction of sp³-hybridized carbons (Fsp3) is 0.125.